The molecule has 0 unspecified atom stereocenters. The van der Waals surface area contributed by atoms with E-state index in [1.165, 1.54) is 0 Å². The summed E-state index contributed by atoms with van der Waals surface area (Å²) >= 11 is 0. The first-order valence-corrected chi connectivity index (χ1v) is 6.28. The minimum Gasteiger partial charge on any atom is -0.379 e. The second-order valence-corrected chi connectivity index (χ2v) is 3.64. The van der Waals surface area contributed by atoms with E-state index >= 15 is 0 Å². The predicted molar refractivity (Wildman–Crippen MR) is 66.6 cm³/mol. The zero-order chi connectivity index (χ0) is 13.3. The van der Waals surface area contributed by atoms with E-state index < -0.39 is 0 Å². The number of ether oxygens (including phenoxy) is 3. The van der Waals surface area contributed by atoms with Gasteiger partial charge in [-0.3, -0.25) is 0 Å². The molecule has 0 aliphatic carbocycles. The average Bonchev–Trinajstić information content (AvgIpc) is 2.39. The number of rotatable bonds is 15. The minimum atomic E-state index is 0.401. The monoisotopic (exact) mass is 266 g/mol. The molecule has 0 bridgehead atoms. The third-order valence-electron chi connectivity index (χ3n) is 2.14. The van der Waals surface area contributed by atoms with Gasteiger partial charge in [0.1, 0.15) is 0 Å². The molecule has 7 heteroatoms. The van der Waals surface area contributed by atoms with Gasteiger partial charge in [-0.2, -0.15) is 0 Å². The van der Waals surface area contributed by atoms with Crippen LogP contribution in [0.3, 0.4) is 0 Å². The van der Waals surface area contributed by atoms with Gasteiger partial charge >= 0.3 is 0 Å². The summed E-state index contributed by atoms with van der Waals surface area (Å²) in [6, 6.07) is 0. The molecule has 0 aromatic heterocycles. The van der Waals surface area contributed by atoms with E-state index in [4.69, 9.17) is 26.0 Å². The molecule has 18 heavy (non-hydrogen) atoms. The van der Waals surface area contributed by atoms with Crippen molar-refractivity contribution in [1.29, 1.82) is 0 Å². The lowest BCUT2D eigenvalue weighted by Gasteiger charge is -2.06. The van der Waals surface area contributed by atoms with E-state index in [0.29, 0.717) is 46.2 Å². The van der Waals surface area contributed by atoms with Crippen molar-refractivity contribution in [3.63, 3.8) is 0 Å². The summed E-state index contributed by atoms with van der Waals surface area (Å²) < 4.78 is 15.8. The summed E-state index contributed by atoms with van der Waals surface area (Å²) in [5.41, 5.74) is 0. The number of nitrogens with two attached hydrogens (primary N) is 2. The Bertz CT molecular complexity index is 135. The molecule has 0 amide bonds. The highest BCUT2D eigenvalue weighted by molar-refractivity contribution is 4.40. The molecule has 0 atom stereocenters. The zero-order valence-electron chi connectivity index (χ0n) is 11.0. The van der Waals surface area contributed by atoms with Crippen molar-refractivity contribution in [2.24, 2.45) is 11.8 Å². The Morgan fingerprint density at radius 3 is 1.44 bits per heavy atom. The molecule has 4 N–H and O–H groups in total. The number of hydrogen-bond donors (Lipinski definition) is 2. The van der Waals surface area contributed by atoms with E-state index in [2.05, 4.69) is 9.68 Å². The topological polar surface area (TPSA) is 98.2 Å². The molecule has 0 aromatic carbocycles. The van der Waals surface area contributed by atoms with Gasteiger partial charge in [-0.05, 0) is 19.3 Å². The summed E-state index contributed by atoms with van der Waals surface area (Å²) in [7, 11) is 0. The lowest BCUT2D eigenvalue weighted by Crippen LogP contribution is -2.13. The predicted octanol–water partition coefficient (Wildman–Crippen LogP) is -0.0129. The Morgan fingerprint density at radius 1 is 0.444 bits per heavy atom. The molecule has 0 radical (unpaired) electrons. The van der Waals surface area contributed by atoms with E-state index in [1.807, 2.05) is 0 Å². The largest absolute Gasteiger partial charge is 0.379 e. The van der Waals surface area contributed by atoms with Crippen LogP contribution in [0.15, 0.2) is 0 Å². The molecule has 0 saturated carbocycles. The first-order valence-electron chi connectivity index (χ1n) is 6.28. The molecule has 0 aliphatic heterocycles. The van der Waals surface area contributed by atoms with Crippen molar-refractivity contribution in [1.82, 2.24) is 0 Å². The van der Waals surface area contributed by atoms with Gasteiger partial charge in [0.2, 0.25) is 0 Å². The molecule has 110 valence electrons. The van der Waals surface area contributed by atoms with Crippen molar-refractivity contribution in [3.8, 4) is 0 Å². The Kier molecular flexibility index (Phi) is 16.5. The minimum absolute atomic E-state index is 0.401. The summed E-state index contributed by atoms with van der Waals surface area (Å²) in [6.07, 6.45) is 3.06. The van der Waals surface area contributed by atoms with Gasteiger partial charge in [-0.1, -0.05) is 0 Å². The lowest BCUT2D eigenvalue weighted by atomic mass is 10.2. The van der Waals surface area contributed by atoms with Crippen LogP contribution in [-0.4, -0.2) is 52.9 Å². The Labute approximate surface area is 109 Å². The van der Waals surface area contributed by atoms with Gasteiger partial charge < -0.3 is 23.9 Å². The molecule has 0 fully saturated rings. The molecule has 0 saturated heterocycles. The molecule has 0 aliphatic rings. The molecule has 0 rings (SSSR count). The SMILES string of the molecule is NOCCCCCOCCOCCOCCON. The molecule has 0 heterocycles. The second kappa shape index (κ2) is 16.7. The van der Waals surface area contributed by atoms with Crippen molar-refractivity contribution < 1.29 is 23.9 Å². The fourth-order valence-electron chi connectivity index (χ4n) is 1.22. The number of unbranched alkanes of at least 4 members (excludes halogenated alkanes) is 2. The third-order valence-corrected chi connectivity index (χ3v) is 2.14. The van der Waals surface area contributed by atoms with Crippen LogP contribution >= 0.6 is 0 Å². The summed E-state index contributed by atoms with van der Waals surface area (Å²) in [6.45, 7) is 4.55. The van der Waals surface area contributed by atoms with Crippen LogP contribution in [-0.2, 0) is 23.9 Å². The highest BCUT2D eigenvalue weighted by atomic mass is 16.6. The maximum Gasteiger partial charge on any atom is 0.0913 e. The van der Waals surface area contributed by atoms with Crippen LogP contribution in [0, 0.1) is 0 Å². The molecule has 7 nitrogen and oxygen atoms in total. The summed E-state index contributed by atoms with van der Waals surface area (Å²) in [5.74, 6) is 9.74. The first kappa shape index (κ1) is 17.7. The van der Waals surface area contributed by atoms with Crippen molar-refractivity contribution in [3.05, 3.63) is 0 Å². The Balaban J connectivity index is 2.86. The standard InChI is InChI=1S/C11H26N2O5/c12-17-5-3-1-2-4-14-6-7-15-8-9-16-10-11-18-13/h1-13H2. The van der Waals surface area contributed by atoms with Crippen molar-refractivity contribution in [2.75, 3.05) is 52.9 Å². The van der Waals surface area contributed by atoms with Gasteiger partial charge in [0.15, 0.2) is 0 Å². The van der Waals surface area contributed by atoms with E-state index in [0.717, 1.165) is 25.9 Å². The van der Waals surface area contributed by atoms with Crippen molar-refractivity contribution >= 4 is 0 Å². The maximum absolute atomic E-state index is 5.38. The van der Waals surface area contributed by atoms with Gasteiger partial charge in [0.05, 0.1) is 46.2 Å². The summed E-state index contributed by atoms with van der Waals surface area (Å²) in [4.78, 5) is 8.81. The van der Waals surface area contributed by atoms with Gasteiger partial charge in [0.25, 0.3) is 0 Å². The van der Waals surface area contributed by atoms with Crippen molar-refractivity contribution in [2.45, 2.75) is 19.3 Å². The smallest absolute Gasteiger partial charge is 0.0913 e. The van der Waals surface area contributed by atoms with E-state index in [-0.39, 0.29) is 0 Å². The molecule has 0 spiro atoms. The lowest BCUT2D eigenvalue weighted by molar-refractivity contribution is -0.00249. The molecule has 0 aromatic rings. The quantitative estimate of drug-likeness (QED) is 0.317. The van der Waals surface area contributed by atoms with Crippen LogP contribution in [0.4, 0.5) is 0 Å². The van der Waals surface area contributed by atoms with E-state index in [9.17, 15) is 0 Å². The van der Waals surface area contributed by atoms with Crippen LogP contribution in [0.2, 0.25) is 0 Å². The van der Waals surface area contributed by atoms with E-state index in [1.54, 1.807) is 0 Å². The van der Waals surface area contributed by atoms with Crippen LogP contribution in [0.5, 0.6) is 0 Å². The van der Waals surface area contributed by atoms with Gasteiger partial charge in [0, 0.05) is 6.61 Å². The fraction of sp³-hybridized carbons (Fsp3) is 1.00. The average molecular weight is 266 g/mol. The van der Waals surface area contributed by atoms with Crippen LogP contribution < -0.4 is 11.8 Å². The fourth-order valence-corrected chi connectivity index (χ4v) is 1.22. The Hall–Kier alpha value is -0.280. The zero-order valence-corrected chi connectivity index (χ0v) is 11.0. The molecular weight excluding hydrogens is 240 g/mol. The first-order chi connectivity index (χ1) is 8.91. The third kappa shape index (κ3) is 15.7. The highest BCUT2D eigenvalue weighted by Crippen LogP contribution is 1.95. The highest BCUT2D eigenvalue weighted by Gasteiger charge is 1.92. The Morgan fingerprint density at radius 2 is 0.889 bits per heavy atom. The van der Waals surface area contributed by atoms with Gasteiger partial charge in [-0.15, -0.1) is 0 Å². The van der Waals surface area contributed by atoms with Gasteiger partial charge in [-0.25, -0.2) is 11.8 Å². The van der Waals surface area contributed by atoms with Crippen LogP contribution in [0.1, 0.15) is 19.3 Å². The second-order valence-electron chi connectivity index (χ2n) is 3.64. The normalized spacial score (nSPS) is 11.0. The summed E-state index contributed by atoms with van der Waals surface area (Å²) in [5, 5.41) is 0. The molecular formula is C11H26N2O5. The number of hydrogen-bond acceptors (Lipinski definition) is 7. The maximum atomic E-state index is 5.38. The van der Waals surface area contributed by atoms with Crippen LogP contribution in [0.25, 0.3) is 0 Å².